The van der Waals surface area contributed by atoms with Crippen molar-refractivity contribution in [2.45, 2.75) is 26.4 Å². The Labute approximate surface area is 151 Å². The van der Waals surface area contributed by atoms with Gasteiger partial charge in [-0.3, -0.25) is 4.79 Å². The summed E-state index contributed by atoms with van der Waals surface area (Å²) in [6, 6.07) is 9.90. The van der Waals surface area contributed by atoms with Crippen molar-refractivity contribution in [2.24, 2.45) is 0 Å². The van der Waals surface area contributed by atoms with Crippen LogP contribution in [0.2, 0.25) is 5.15 Å². The van der Waals surface area contributed by atoms with Gasteiger partial charge in [0.1, 0.15) is 5.15 Å². The van der Waals surface area contributed by atoms with Crippen molar-refractivity contribution in [3.05, 3.63) is 71.0 Å². The summed E-state index contributed by atoms with van der Waals surface area (Å²) < 4.78 is 3.63. The smallest absolute Gasteiger partial charge is 0.256 e. The van der Waals surface area contributed by atoms with Gasteiger partial charge in [0, 0.05) is 25.5 Å². The van der Waals surface area contributed by atoms with Crippen LogP contribution in [0.3, 0.4) is 0 Å². The molecule has 6 nitrogen and oxygen atoms in total. The molecule has 0 atom stereocenters. The van der Waals surface area contributed by atoms with Crippen molar-refractivity contribution in [3.8, 4) is 0 Å². The second-order valence-electron chi connectivity index (χ2n) is 5.80. The molecule has 0 saturated carbocycles. The zero-order valence-corrected chi connectivity index (χ0v) is 14.8. The highest BCUT2D eigenvalue weighted by molar-refractivity contribution is 6.33. The van der Waals surface area contributed by atoms with E-state index in [0.29, 0.717) is 29.5 Å². The van der Waals surface area contributed by atoms with Gasteiger partial charge >= 0.3 is 0 Å². The Morgan fingerprint density at radius 2 is 2.08 bits per heavy atom. The first-order valence-electron chi connectivity index (χ1n) is 8.16. The average Bonchev–Trinajstić information content (AvgIpc) is 3.21. The van der Waals surface area contributed by atoms with Gasteiger partial charge in [-0.15, -0.1) is 0 Å². The molecule has 0 aliphatic rings. The van der Waals surface area contributed by atoms with E-state index in [0.717, 1.165) is 18.5 Å². The second kappa shape index (κ2) is 7.98. The molecular formula is C18H20ClN5O. The summed E-state index contributed by atoms with van der Waals surface area (Å²) in [4.78, 5) is 16.4. The molecule has 2 heterocycles. The number of carbonyl (C=O) groups is 1. The third kappa shape index (κ3) is 4.28. The Bertz CT molecular complexity index is 827. The fraction of sp³-hybridized carbons (Fsp3) is 0.278. The summed E-state index contributed by atoms with van der Waals surface area (Å²) in [5.41, 5.74) is 2.16. The van der Waals surface area contributed by atoms with Gasteiger partial charge < -0.3 is 9.88 Å². The number of nitrogens with zero attached hydrogens (tertiary/aromatic N) is 4. The van der Waals surface area contributed by atoms with E-state index in [2.05, 4.69) is 15.4 Å². The standard InChI is InChI=1S/C18H20ClN5O/c1-14-16(18(25)21-8-5-10-23-11-9-20-13-23)17(19)24(22-14)12-15-6-3-2-4-7-15/h2-4,6-7,9,11,13H,5,8,10,12H2,1H3,(H,21,25). The number of rotatable bonds is 7. The summed E-state index contributed by atoms with van der Waals surface area (Å²) in [7, 11) is 0. The van der Waals surface area contributed by atoms with Crippen molar-refractivity contribution < 1.29 is 4.79 Å². The Morgan fingerprint density at radius 1 is 1.28 bits per heavy atom. The van der Waals surface area contributed by atoms with Gasteiger partial charge in [-0.1, -0.05) is 41.9 Å². The van der Waals surface area contributed by atoms with Crippen LogP contribution in [0.5, 0.6) is 0 Å². The van der Waals surface area contributed by atoms with Gasteiger partial charge in [0.05, 0.1) is 24.1 Å². The molecule has 0 radical (unpaired) electrons. The zero-order valence-electron chi connectivity index (χ0n) is 14.0. The van der Waals surface area contributed by atoms with Crippen LogP contribution in [-0.2, 0) is 13.1 Å². The maximum Gasteiger partial charge on any atom is 0.256 e. The maximum absolute atomic E-state index is 12.4. The molecule has 130 valence electrons. The van der Waals surface area contributed by atoms with Crippen LogP contribution < -0.4 is 5.32 Å². The quantitative estimate of drug-likeness (QED) is 0.661. The van der Waals surface area contributed by atoms with E-state index in [-0.39, 0.29) is 5.91 Å². The number of amides is 1. The van der Waals surface area contributed by atoms with E-state index in [1.807, 2.05) is 41.1 Å². The highest BCUT2D eigenvalue weighted by atomic mass is 35.5. The van der Waals surface area contributed by atoms with E-state index in [4.69, 9.17) is 11.6 Å². The highest BCUT2D eigenvalue weighted by Gasteiger charge is 2.20. The average molecular weight is 358 g/mol. The Morgan fingerprint density at radius 3 is 2.80 bits per heavy atom. The minimum atomic E-state index is -0.188. The predicted molar refractivity (Wildman–Crippen MR) is 96.7 cm³/mol. The van der Waals surface area contributed by atoms with Crippen molar-refractivity contribution in [3.63, 3.8) is 0 Å². The summed E-state index contributed by atoms with van der Waals surface area (Å²) in [5, 5.41) is 7.69. The largest absolute Gasteiger partial charge is 0.352 e. The first kappa shape index (κ1) is 17.2. The third-order valence-corrected chi connectivity index (χ3v) is 4.29. The van der Waals surface area contributed by atoms with Gasteiger partial charge in [-0.25, -0.2) is 9.67 Å². The third-order valence-electron chi connectivity index (χ3n) is 3.91. The van der Waals surface area contributed by atoms with Crippen molar-refractivity contribution in [1.82, 2.24) is 24.6 Å². The van der Waals surface area contributed by atoms with Gasteiger partial charge in [0.2, 0.25) is 0 Å². The van der Waals surface area contributed by atoms with Crippen LogP contribution in [-0.4, -0.2) is 31.8 Å². The van der Waals surface area contributed by atoms with E-state index in [9.17, 15) is 4.79 Å². The molecule has 1 N–H and O–H groups in total. The lowest BCUT2D eigenvalue weighted by Gasteiger charge is -2.06. The number of nitrogens with one attached hydrogen (secondary N) is 1. The Balaban J connectivity index is 1.60. The van der Waals surface area contributed by atoms with Crippen LogP contribution in [0.15, 0.2) is 49.1 Å². The topological polar surface area (TPSA) is 64.7 Å². The van der Waals surface area contributed by atoms with Crippen LogP contribution in [0.4, 0.5) is 0 Å². The SMILES string of the molecule is Cc1nn(Cc2ccccc2)c(Cl)c1C(=O)NCCCn1ccnc1. The number of aryl methyl sites for hydroxylation is 2. The van der Waals surface area contributed by atoms with Gasteiger partial charge in [0.25, 0.3) is 5.91 Å². The normalized spacial score (nSPS) is 10.8. The number of hydrogen-bond donors (Lipinski definition) is 1. The van der Waals surface area contributed by atoms with Crippen LogP contribution >= 0.6 is 11.6 Å². The lowest BCUT2D eigenvalue weighted by molar-refractivity contribution is 0.0952. The van der Waals surface area contributed by atoms with Crippen molar-refractivity contribution in [2.75, 3.05) is 6.54 Å². The molecule has 25 heavy (non-hydrogen) atoms. The van der Waals surface area contributed by atoms with Crippen LogP contribution in [0.1, 0.15) is 28.0 Å². The second-order valence-corrected chi connectivity index (χ2v) is 6.16. The van der Waals surface area contributed by atoms with E-state index < -0.39 is 0 Å². The molecule has 3 rings (SSSR count). The highest BCUT2D eigenvalue weighted by Crippen LogP contribution is 2.20. The summed E-state index contributed by atoms with van der Waals surface area (Å²) in [6.45, 7) is 3.71. The number of halogens is 1. The fourth-order valence-electron chi connectivity index (χ4n) is 2.64. The Kier molecular flexibility index (Phi) is 5.50. The lowest BCUT2D eigenvalue weighted by Crippen LogP contribution is -2.25. The fourth-order valence-corrected chi connectivity index (χ4v) is 2.96. The van der Waals surface area contributed by atoms with Crippen molar-refractivity contribution in [1.29, 1.82) is 0 Å². The molecule has 0 bridgehead atoms. The molecule has 0 spiro atoms. The maximum atomic E-state index is 12.4. The molecule has 0 saturated heterocycles. The number of aromatic nitrogens is 4. The van der Waals surface area contributed by atoms with Gasteiger partial charge in [-0.2, -0.15) is 5.10 Å². The zero-order chi connectivity index (χ0) is 17.6. The molecule has 0 fully saturated rings. The monoisotopic (exact) mass is 357 g/mol. The summed E-state index contributed by atoms with van der Waals surface area (Å²) in [5.74, 6) is -0.188. The minimum Gasteiger partial charge on any atom is -0.352 e. The molecule has 2 aromatic heterocycles. The first-order valence-corrected chi connectivity index (χ1v) is 8.53. The molecule has 0 aliphatic heterocycles. The molecular weight excluding hydrogens is 338 g/mol. The number of hydrogen-bond acceptors (Lipinski definition) is 3. The number of carbonyl (C=O) groups excluding carboxylic acids is 1. The number of imidazole rings is 1. The lowest BCUT2D eigenvalue weighted by atomic mass is 10.2. The number of benzene rings is 1. The van der Waals surface area contributed by atoms with Gasteiger partial charge in [-0.05, 0) is 18.9 Å². The van der Waals surface area contributed by atoms with Crippen LogP contribution in [0, 0.1) is 6.92 Å². The molecule has 7 heteroatoms. The van der Waals surface area contributed by atoms with Crippen molar-refractivity contribution >= 4 is 17.5 Å². The van der Waals surface area contributed by atoms with E-state index >= 15 is 0 Å². The van der Waals surface area contributed by atoms with E-state index in [1.54, 1.807) is 24.1 Å². The molecule has 1 amide bonds. The van der Waals surface area contributed by atoms with Gasteiger partial charge in [0.15, 0.2) is 0 Å². The Hall–Kier alpha value is -2.60. The molecule has 3 aromatic rings. The first-order chi connectivity index (χ1) is 12.1. The molecule has 1 aromatic carbocycles. The van der Waals surface area contributed by atoms with Crippen LogP contribution in [0.25, 0.3) is 0 Å². The summed E-state index contributed by atoms with van der Waals surface area (Å²) >= 11 is 6.40. The molecule has 0 aliphatic carbocycles. The predicted octanol–water partition coefficient (Wildman–Crippen LogP) is 2.91. The van der Waals surface area contributed by atoms with E-state index in [1.165, 1.54) is 0 Å². The minimum absolute atomic E-state index is 0.188. The summed E-state index contributed by atoms with van der Waals surface area (Å²) in [6.07, 6.45) is 6.21. The molecule has 0 unspecified atom stereocenters.